The van der Waals surface area contributed by atoms with Gasteiger partial charge in [0.2, 0.25) is 0 Å². The number of rotatable bonds is 12. The third kappa shape index (κ3) is 7.03. The highest BCUT2D eigenvalue weighted by molar-refractivity contribution is 6.92. The van der Waals surface area contributed by atoms with Gasteiger partial charge in [0.05, 0.1) is 13.2 Å². The van der Waals surface area contributed by atoms with Crippen LogP contribution in [0.1, 0.15) is 13.8 Å². The highest BCUT2D eigenvalue weighted by atomic mass is 28.4. The zero-order valence-electron chi connectivity index (χ0n) is 17.9. The molecular weight excluding hydrogens is 412 g/mol. The first-order chi connectivity index (χ1) is 14.9. The molecule has 7 heteroatoms. The van der Waals surface area contributed by atoms with Crippen LogP contribution in [0.25, 0.3) is 0 Å². The number of esters is 2. The topological polar surface area (TPSA) is 71.1 Å². The average Bonchev–Trinajstić information content (AvgIpc) is 2.80. The Morgan fingerprint density at radius 1 is 0.774 bits per heavy atom. The summed E-state index contributed by atoms with van der Waals surface area (Å²) in [5.74, 6) is -1.04. The quantitative estimate of drug-likeness (QED) is 0.287. The Hall–Kier alpha value is -3.00. The van der Waals surface area contributed by atoms with Gasteiger partial charge in [-0.05, 0) is 24.2 Å². The summed E-state index contributed by atoms with van der Waals surface area (Å²) < 4.78 is 23.4. The van der Waals surface area contributed by atoms with Gasteiger partial charge in [-0.15, -0.1) is 0 Å². The molecule has 0 aliphatic rings. The summed E-state index contributed by atoms with van der Waals surface area (Å²) in [6.45, 7) is 10.6. The fourth-order valence-electron chi connectivity index (χ4n) is 2.89. The lowest BCUT2D eigenvalue weighted by Gasteiger charge is -2.33. The Labute approximate surface area is 184 Å². The van der Waals surface area contributed by atoms with Gasteiger partial charge in [0.25, 0.3) is 0 Å². The minimum absolute atomic E-state index is 0.121. The summed E-state index contributed by atoms with van der Waals surface area (Å²) in [5.41, 5.74) is 0. The van der Waals surface area contributed by atoms with Crippen LogP contribution in [0.3, 0.4) is 0 Å². The first-order valence-corrected chi connectivity index (χ1v) is 11.8. The maximum atomic E-state index is 11.6. The molecule has 0 saturated carbocycles. The number of carbonyl (C=O) groups excluding carboxylic acids is 2. The maximum Gasteiger partial charge on any atom is 0.407 e. The fourth-order valence-corrected chi connectivity index (χ4v) is 6.17. The Morgan fingerprint density at radius 3 is 1.45 bits per heavy atom. The largest absolute Gasteiger partial charge is 0.457 e. The van der Waals surface area contributed by atoms with Crippen LogP contribution in [0.15, 0.2) is 86.0 Å². The SMILES string of the molecule is C=CC(=O)OC(C)CO[Si](OCC(C)OC(=O)C=C)(c1ccccc1)c1ccccc1. The number of ether oxygens (including phenoxy) is 2. The van der Waals surface area contributed by atoms with Crippen LogP contribution in [0.4, 0.5) is 0 Å². The van der Waals surface area contributed by atoms with Crippen molar-refractivity contribution < 1.29 is 27.9 Å². The van der Waals surface area contributed by atoms with Crippen molar-refractivity contribution in [3.05, 3.63) is 86.0 Å². The minimum atomic E-state index is -3.23. The third-order valence-corrected chi connectivity index (χ3v) is 7.65. The van der Waals surface area contributed by atoms with E-state index in [-0.39, 0.29) is 13.2 Å². The van der Waals surface area contributed by atoms with Crippen LogP contribution in [-0.4, -0.2) is 45.9 Å². The van der Waals surface area contributed by atoms with E-state index in [1.165, 1.54) is 0 Å². The van der Waals surface area contributed by atoms with Crippen molar-refractivity contribution in [1.29, 1.82) is 0 Å². The third-order valence-electron chi connectivity index (χ3n) is 4.32. The average molecular weight is 441 g/mol. The molecule has 0 N–H and O–H groups in total. The van der Waals surface area contributed by atoms with Crippen LogP contribution in [0.2, 0.25) is 0 Å². The van der Waals surface area contributed by atoms with E-state index < -0.39 is 32.7 Å². The van der Waals surface area contributed by atoms with E-state index >= 15 is 0 Å². The molecule has 0 aliphatic carbocycles. The lowest BCUT2D eigenvalue weighted by Crippen LogP contribution is -2.64. The molecule has 0 saturated heterocycles. The van der Waals surface area contributed by atoms with Crippen LogP contribution in [0, 0.1) is 0 Å². The van der Waals surface area contributed by atoms with Gasteiger partial charge in [0.15, 0.2) is 0 Å². The highest BCUT2D eigenvalue weighted by Crippen LogP contribution is 2.13. The second-order valence-electron chi connectivity index (χ2n) is 6.87. The molecule has 164 valence electrons. The van der Waals surface area contributed by atoms with Gasteiger partial charge >= 0.3 is 20.5 Å². The molecule has 0 radical (unpaired) electrons. The van der Waals surface area contributed by atoms with E-state index in [2.05, 4.69) is 13.2 Å². The van der Waals surface area contributed by atoms with Gasteiger partial charge < -0.3 is 18.3 Å². The zero-order chi connectivity index (χ0) is 22.7. The molecule has 31 heavy (non-hydrogen) atoms. The van der Waals surface area contributed by atoms with Crippen LogP contribution >= 0.6 is 0 Å². The lowest BCUT2D eigenvalue weighted by atomic mass is 10.4. The summed E-state index contributed by atoms with van der Waals surface area (Å²) in [6, 6.07) is 19.3. The first-order valence-electron chi connectivity index (χ1n) is 9.96. The summed E-state index contributed by atoms with van der Waals surface area (Å²) in [6.07, 6.45) is 1.21. The van der Waals surface area contributed by atoms with Gasteiger partial charge in [0, 0.05) is 12.2 Å². The Kier molecular flexibility index (Phi) is 9.39. The molecule has 0 heterocycles. The van der Waals surface area contributed by atoms with Gasteiger partial charge in [0.1, 0.15) is 12.2 Å². The van der Waals surface area contributed by atoms with Crippen LogP contribution in [0.5, 0.6) is 0 Å². The molecule has 0 spiro atoms. The molecule has 6 nitrogen and oxygen atoms in total. The van der Waals surface area contributed by atoms with Crippen molar-refractivity contribution in [3.63, 3.8) is 0 Å². The Bertz CT molecular complexity index is 795. The Morgan fingerprint density at radius 2 is 1.13 bits per heavy atom. The summed E-state index contributed by atoms with van der Waals surface area (Å²) >= 11 is 0. The summed E-state index contributed by atoms with van der Waals surface area (Å²) in [7, 11) is -3.23. The molecule has 0 fully saturated rings. The summed E-state index contributed by atoms with van der Waals surface area (Å²) in [5, 5.41) is 1.76. The number of benzene rings is 2. The molecule has 2 rings (SSSR count). The number of carbonyl (C=O) groups is 2. The molecule has 2 unspecified atom stereocenters. The van der Waals surface area contributed by atoms with E-state index in [1.807, 2.05) is 60.7 Å². The van der Waals surface area contributed by atoms with Gasteiger partial charge in [-0.1, -0.05) is 73.8 Å². The summed E-state index contributed by atoms with van der Waals surface area (Å²) in [4.78, 5) is 23.1. The fraction of sp³-hybridized carbons (Fsp3) is 0.250. The van der Waals surface area contributed by atoms with Crippen molar-refractivity contribution in [1.82, 2.24) is 0 Å². The molecule has 0 bridgehead atoms. The van der Waals surface area contributed by atoms with Crippen molar-refractivity contribution in [2.75, 3.05) is 13.2 Å². The second kappa shape index (κ2) is 12.0. The molecule has 2 atom stereocenters. The Balaban J connectivity index is 2.36. The van der Waals surface area contributed by atoms with E-state index in [9.17, 15) is 9.59 Å². The number of hydrogen-bond donors (Lipinski definition) is 0. The maximum absolute atomic E-state index is 11.6. The smallest absolute Gasteiger partial charge is 0.407 e. The van der Waals surface area contributed by atoms with Crippen molar-refractivity contribution in [2.24, 2.45) is 0 Å². The van der Waals surface area contributed by atoms with Gasteiger partial charge in [-0.2, -0.15) is 0 Å². The van der Waals surface area contributed by atoms with E-state index in [0.717, 1.165) is 22.5 Å². The van der Waals surface area contributed by atoms with Gasteiger partial charge in [-0.25, -0.2) is 9.59 Å². The van der Waals surface area contributed by atoms with Crippen LogP contribution < -0.4 is 10.4 Å². The number of hydrogen-bond acceptors (Lipinski definition) is 6. The molecule has 0 amide bonds. The molecule has 0 aromatic heterocycles. The minimum Gasteiger partial charge on any atom is -0.457 e. The van der Waals surface area contributed by atoms with E-state index in [0.29, 0.717) is 0 Å². The highest BCUT2D eigenvalue weighted by Gasteiger charge is 2.43. The lowest BCUT2D eigenvalue weighted by molar-refractivity contribution is -0.143. The zero-order valence-corrected chi connectivity index (χ0v) is 18.9. The predicted octanol–water partition coefficient (Wildman–Crippen LogP) is 2.51. The predicted molar refractivity (Wildman–Crippen MR) is 121 cm³/mol. The van der Waals surface area contributed by atoms with Crippen LogP contribution in [-0.2, 0) is 27.9 Å². The molecular formula is C24H28O6Si. The monoisotopic (exact) mass is 440 g/mol. The van der Waals surface area contributed by atoms with Crippen molar-refractivity contribution >= 4 is 30.9 Å². The molecule has 2 aromatic rings. The molecule has 0 aliphatic heterocycles. The normalized spacial score (nSPS) is 13.0. The van der Waals surface area contributed by atoms with Crippen molar-refractivity contribution in [2.45, 2.75) is 26.1 Å². The second-order valence-corrected chi connectivity index (χ2v) is 9.84. The van der Waals surface area contributed by atoms with Crippen molar-refractivity contribution in [3.8, 4) is 0 Å². The first kappa shape index (κ1) is 24.3. The molecule has 2 aromatic carbocycles. The van der Waals surface area contributed by atoms with Gasteiger partial charge in [-0.3, -0.25) is 0 Å². The van der Waals surface area contributed by atoms with E-state index in [1.54, 1.807) is 13.8 Å². The standard InChI is InChI=1S/C24H28O6Si/c1-5-23(25)29-19(3)17-27-31(21-13-9-7-10-14-21,22-15-11-8-12-16-22)28-18-20(4)30-24(26)6-2/h5-16,19-20H,1-2,17-18H2,3-4H3. The van der Waals surface area contributed by atoms with E-state index in [4.69, 9.17) is 18.3 Å².